The highest BCUT2D eigenvalue weighted by atomic mass is 19.1. The normalized spacial score (nSPS) is 10.8. The van der Waals surface area contributed by atoms with Gasteiger partial charge in [0.1, 0.15) is 11.6 Å². The number of halogens is 1. The van der Waals surface area contributed by atoms with Gasteiger partial charge in [0.15, 0.2) is 11.5 Å². The smallest absolute Gasteiger partial charge is 0.360 e. The number of methoxy groups -OCH3 is 1. The van der Waals surface area contributed by atoms with Crippen LogP contribution in [0.15, 0.2) is 28.8 Å². The van der Waals surface area contributed by atoms with Crippen molar-refractivity contribution in [2.75, 3.05) is 13.7 Å². The van der Waals surface area contributed by atoms with Crippen LogP contribution in [0.1, 0.15) is 28.7 Å². The third-order valence-corrected chi connectivity index (χ3v) is 2.65. The fraction of sp³-hybridized carbons (Fsp3) is 0.200. The lowest BCUT2D eigenvalue weighted by atomic mass is 10.2. The van der Waals surface area contributed by atoms with Crippen LogP contribution in [-0.2, 0) is 4.74 Å². The third kappa shape index (κ3) is 3.68. The molecule has 2 rings (SSSR count). The topological polar surface area (TPSA) is 61.6 Å². The van der Waals surface area contributed by atoms with Crippen molar-refractivity contribution in [1.82, 2.24) is 5.16 Å². The number of esters is 1. The molecule has 0 amide bonds. The minimum Gasteiger partial charge on any atom is -0.497 e. The highest BCUT2D eigenvalue weighted by Crippen LogP contribution is 2.18. The van der Waals surface area contributed by atoms with Crippen molar-refractivity contribution < 1.29 is 23.2 Å². The summed E-state index contributed by atoms with van der Waals surface area (Å²) in [6, 6.07) is 5.93. The lowest BCUT2D eigenvalue weighted by Crippen LogP contribution is -2.04. The molecule has 0 N–H and O–H groups in total. The number of hydrogen-bond donors (Lipinski definition) is 0. The Hall–Kier alpha value is -2.63. The molecule has 1 aromatic heterocycles. The second kappa shape index (κ2) is 6.69. The summed E-state index contributed by atoms with van der Waals surface area (Å²) in [5, 5.41) is 3.58. The predicted octanol–water partition coefficient (Wildman–Crippen LogP) is 3.17. The van der Waals surface area contributed by atoms with Crippen LogP contribution < -0.4 is 4.74 Å². The Labute approximate surface area is 121 Å². The lowest BCUT2D eigenvalue weighted by Gasteiger charge is -2.01. The molecule has 0 spiro atoms. The lowest BCUT2D eigenvalue weighted by molar-refractivity contribution is 0.0514. The monoisotopic (exact) mass is 291 g/mol. The molecule has 1 aromatic carbocycles. The van der Waals surface area contributed by atoms with Crippen LogP contribution in [0.4, 0.5) is 4.39 Å². The molecule has 0 fully saturated rings. The maximum atomic E-state index is 13.7. The first-order valence-corrected chi connectivity index (χ1v) is 6.29. The van der Waals surface area contributed by atoms with Crippen molar-refractivity contribution >= 4 is 18.1 Å². The zero-order valence-electron chi connectivity index (χ0n) is 11.6. The fourth-order valence-electron chi connectivity index (χ4n) is 1.61. The van der Waals surface area contributed by atoms with Crippen LogP contribution in [0.2, 0.25) is 0 Å². The van der Waals surface area contributed by atoms with E-state index in [-0.39, 0.29) is 12.3 Å². The molecule has 6 heteroatoms. The predicted molar refractivity (Wildman–Crippen MR) is 74.3 cm³/mol. The molecule has 0 unspecified atom stereocenters. The van der Waals surface area contributed by atoms with E-state index in [1.807, 2.05) is 0 Å². The van der Waals surface area contributed by atoms with E-state index >= 15 is 0 Å². The molecule has 0 aliphatic rings. The van der Waals surface area contributed by atoms with Crippen molar-refractivity contribution in [2.24, 2.45) is 0 Å². The van der Waals surface area contributed by atoms with Crippen molar-refractivity contribution in [3.8, 4) is 5.75 Å². The first-order chi connectivity index (χ1) is 10.1. The summed E-state index contributed by atoms with van der Waals surface area (Å²) in [5.41, 5.74) is 0.441. The van der Waals surface area contributed by atoms with Gasteiger partial charge in [0, 0.05) is 17.7 Å². The molecule has 0 bridgehead atoms. The zero-order valence-corrected chi connectivity index (χ0v) is 11.6. The standard InChI is InChI=1S/C15H14FNO4/c1-3-20-15(18)14-9-12(21-17-14)7-5-10-4-6-11(19-2)8-13(10)16/h4-9H,3H2,1-2H3/b7-5+. The number of ether oxygens (including phenoxy) is 2. The molecule has 0 aliphatic carbocycles. The number of rotatable bonds is 5. The summed E-state index contributed by atoms with van der Waals surface area (Å²) in [5.74, 6) is -0.213. The van der Waals surface area contributed by atoms with E-state index < -0.39 is 11.8 Å². The molecule has 110 valence electrons. The fourth-order valence-corrected chi connectivity index (χ4v) is 1.61. The largest absolute Gasteiger partial charge is 0.497 e. The second-order valence-electron chi connectivity index (χ2n) is 4.06. The molecule has 0 saturated heterocycles. The highest BCUT2D eigenvalue weighted by Gasteiger charge is 2.12. The number of benzene rings is 1. The zero-order chi connectivity index (χ0) is 15.2. The van der Waals surface area contributed by atoms with Crippen molar-refractivity contribution in [3.05, 3.63) is 47.1 Å². The Balaban J connectivity index is 2.13. The van der Waals surface area contributed by atoms with Gasteiger partial charge in [-0.05, 0) is 31.2 Å². The van der Waals surface area contributed by atoms with Gasteiger partial charge in [0.05, 0.1) is 13.7 Å². The SMILES string of the molecule is CCOC(=O)c1cc(/C=C/c2ccc(OC)cc2F)on1. The van der Waals surface area contributed by atoms with E-state index in [1.165, 1.54) is 31.4 Å². The van der Waals surface area contributed by atoms with E-state index in [9.17, 15) is 9.18 Å². The van der Waals surface area contributed by atoms with Crippen LogP contribution >= 0.6 is 0 Å². The van der Waals surface area contributed by atoms with Gasteiger partial charge in [0.25, 0.3) is 0 Å². The molecule has 0 aliphatic heterocycles. The maximum absolute atomic E-state index is 13.7. The summed E-state index contributed by atoms with van der Waals surface area (Å²) in [4.78, 5) is 11.4. The molecule has 5 nitrogen and oxygen atoms in total. The number of carbonyl (C=O) groups is 1. The number of aromatic nitrogens is 1. The Bertz CT molecular complexity index is 663. The Morgan fingerprint density at radius 3 is 2.86 bits per heavy atom. The highest BCUT2D eigenvalue weighted by molar-refractivity contribution is 5.87. The van der Waals surface area contributed by atoms with Crippen LogP contribution in [-0.4, -0.2) is 24.8 Å². The van der Waals surface area contributed by atoms with E-state index in [2.05, 4.69) is 5.16 Å². The van der Waals surface area contributed by atoms with E-state index in [0.29, 0.717) is 17.1 Å². The number of hydrogen-bond acceptors (Lipinski definition) is 5. The number of nitrogens with zero attached hydrogens (tertiary/aromatic N) is 1. The first-order valence-electron chi connectivity index (χ1n) is 6.29. The van der Waals surface area contributed by atoms with Gasteiger partial charge < -0.3 is 14.0 Å². The van der Waals surface area contributed by atoms with Crippen LogP contribution in [0.25, 0.3) is 12.2 Å². The van der Waals surface area contributed by atoms with Gasteiger partial charge >= 0.3 is 5.97 Å². The summed E-state index contributed by atoms with van der Waals surface area (Å²) >= 11 is 0. The summed E-state index contributed by atoms with van der Waals surface area (Å²) in [6.45, 7) is 1.96. The molecule has 0 atom stereocenters. The van der Waals surface area contributed by atoms with Gasteiger partial charge in [-0.1, -0.05) is 5.16 Å². The van der Waals surface area contributed by atoms with Crippen LogP contribution in [0, 0.1) is 5.82 Å². The molecular weight excluding hydrogens is 277 g/mol. The summed E-state index contributed by atoms with van der Waals surface area (Å²) in [6.07, 6.45) is 3.03. The first kappa shape index (κ1) is 14.8. The van der Waals surface area contributed by atoms with Gasteiger partial charge in [-0.3, -0.25) is 0 Å². The van der Waals surface area contributed by atoms with E-state index in [0.717, 1.165) is 0 Å². The van der Waals surface area contributed by atoms with Crippen LogP contribution in [0.3, 0.4) is 0 Å². The Morgan fingerprint density at radius 1 is 1.38 bits per heavy atom. The number of carbonyl (C=O) groups excluding carboxylic acids is 1. The molecule has 21 heavy (non-hydrogen) atoms. The third-order valence-electron chi connectivity index (χ3n) is 2.65. The molecule has 0 saturated carbocycles. The minimum atomic E-state index is -0.559. The van der Waals surface area contributed by atoms with Gasteiger partial charge in [-0.2, -0.15) is 0 Å². The quantitative estimate of drug-likeness (QED) is 0.792. The Kier molecular flexibility index (Phi) is 4.71. The maximum Gasteiger partial charge on any atom is 0.360 e. The summed E-state index contributed by atoms with van der Waals surface area (Å²) in [7, 11) is 1.47. The second-order valence-corrected chi connectivity index (χ2v) is 4.06. The minimum absolute atomic E-state index is 0.0757. The van der Waals surface area contributed by atoms with Crippen molar-refractivity contribution in [3.63, 3.8) is 0 Å². The average Bonchev–Trinajstić information content (AvgIpc) is 2.95. The average molecular weight is 291 g/mol. The van der Waals surface area contributed by atoms with Gasteiger partial charge in [-0.15, -0.1) is 0 Å². The molecule has 2 aromatic rings. The van der Waals surface area contributed by atoms with E-state index in [4.69, 9.17) is 14.0 Å². The van der Waals surface area contributed by atoms with Gasteiger partial charge in [-0.25, -0.2) is 9.18 Å². The molecule has 0 radical (unpaired) electrons. The van der Waals surface area contributed by atoms with Gasteiger partial charge in [0.2, 0.25) is 0 Å². The Morgan fingerprint density at radius 2 is 2.19 bits per heavy atom. The van der Waals surface area contributed by atoms with Crippen LogP contribution in [0.5, 0.6) is 5.75 Å². The van der Waals surface area contributed by atoms with E-state index in [1.54, 1.807) is 19.1 Å². The molecule has 1 heterocycles. The van der Waals surface area contributed by atoms with Crippen molar-refractivity contribution in [2.45, 2.75) is 6.92 Å². The van der Waals surface area contributed by atoms with Crippen molar-refractivity contribution in [1.29, 1.82) is 0 Å². The molecular formula is C15H14FNO4. The summed E-state index contributed by atoms with van der Waals surface area (Å²) < 4.78 is 28.4.